The van der Waals surface area contributed by atoms with Gasteiger partial charge in [0.2, 0.25) is 0 Å². The molecule has 0 N–H and O–H groups in total. The highest BCUT2D eigenvalue weighted by atomic mass is 13.9. The smallest absolute Gasteiger partial charge is 0.0129 e. The van der Waals surface area contributed by atoms with Crippen LogP contribution in [-0.2, 0) is 0 Å². The van der Waals surface area contributed by atoms with Gasteiger partial charge in [-0.3, -0.25) is 0 Å². The van der Waals surface area contributed by atoms with E-state index in [0.717, 1.165) is 12.8 Å². The number of rotatable bonds is 0. The summed E-state index contributed by atoms with van der Waals surface area (Å²) < 4.78 is 0. The standard InChI is InChI=1S/C5H5/c1-2-4-5-3-1/h1H,2-3H2. The maximum absolute atomic E-state index is 2.92. The molecule has 0 unspecified atom stereocenters. The molecule has 0 aromatic carbocycles. The Bertz CT molecular complexity index is 63.8. The quantitative estimate of drug-likeness (QED) is 0.369. The molecule has 1 aliphatic carbocycles. The lowest BCUT2D eigenvalue weighted by Crippen LogP contribution is -1.55. The van der Waals surface area contributed by atoms with E-state index in [9.17, 15) is 0 Å². The fourth-order valence-electron chi connectivity index (χ4n) is 0.361. The Labute approximate surface area is 32.2 Å². The van der Waals surface area contributed by atoms with Crippen LogP contribution in [0.4, 0.5) is 0 Å². The van der Waals surface area contributed by atoms with E-state index < -0.39 is 0 Å². The Kier molecular flexibility index (Phi) is 0.624. The van der Waals surface area contributed by atoms with Gasteiger partial charge < -0.3 is 0 Å². The second-order valence-corrected chi connectivity index (χ2v) is 1.05. The van der Waals surface area contributed by atoms with Crippen LogP contribution in [0.1, 0.15) is 12.8 Å². The molecule has 0 atom stereocenters. The van der Waals surface area contributed by atoms with Crippen molar-refractivity contribution in [3.63, 3.8) is 0 Å². The molecular formula is C5H5. The van der Waals surface area contributed by atoms with Crippen LogP contribution in [0, 0.1) is 18.3 Å². The van der Waals surface area contributed by atoms with Gasteiger partial charge in [0.25, 0.3) is 0 Å². The third-order valence-electron chi connectivity index (χ3n) is 0.618. The Morgan fingerprint density at radius 2 is 1.80 bits per heavy atom. The van der Waals surface area contributed by atoms with Gasteiger partial charge in [0, 0.05) is 12.8 Å². The zero-order chi connectivity index (χ0) is 3.54. The van der Waals surface area contributed by atoms with Gasteiger partial charge in [0.15, 0.2) is 0 Å². The summed E-state index contributed by atoms with van der Waals surface area (Å²) in [5.41, 5.74) is 0. The van der Waals surface area contributed by atoms with E-state index in [1.54, 1.807) is 0 Å². The van der Waals surface area contributed by atoms with Gasteiger partial charge in [-0.15, -0.1) is 11.8 Å². The third-order valence-corrected chi connectivity index (χ3v) is 0.618. The Balaban J connectivity index is 2.42. The van der Waals surface area contributed by atoms with Gasteiger partial charge in [-0.2, -0.15) is 0 Å². The molecular weight excluding hydrogens is 60.1 g/mol. The molecule has 0 heteroatoms. The van der Waals surface area contributed by atoms with Crippen LogP contribution in [0.2, 0.25) is 0 Å². The minimum Gasteiger partial charge on any atom is -0.103 e. The maximum atomic E-state index is 2.92. The lowest BCUT2D eigenvalue weighted by Gasteiger charge is -1.67. The summed E-state index contributed by atoms with van der Waals surface area (Å²) in [5.74, 6) is 5.83. The molecule has 0 heterocycles. The summed E-state index contributed by atoms with van der Waals surface area (Å²) in [7, 11) is 0. The Morgan fingerprint density at radius 1 is 1.20 bits per heavy atom. The van der Waals surface area contributed by atoms with E-state index in [1.165, 1.54) is 0 Å². The molecule has 0 spiro atoms. The van der Waals surface area contributed by atoms with Gasteiger partial charge >= 0.3 is 0 Å². The minimum absolute atomic E-state index is 1.01. The summed E-state index contributed by atoms with van der Waals surface area (Å²) in [5, 5.41) is 0. The van der Waals surface area contributed by atoms with Gasteiger partial charge in [-0.25, -0.2) is 0 Å². The van der Waals surface area contributed by atoms with Crippen LogP contribution >= 0.6 is 0 Å². The molecule has 25 valence electrons. The molecule has 0 bridgehead atoms. The molecule has 0 aromatic rings. The summed E-state index contributed by atoms with van der Waals surface area (Å²) in [6.07, 6.45) is 4.17. The average molecular weight is 65.1 g/mol. The molecule has 0 nitrogen and oxygen atoms in total. The SMILES string of the molecule is C1#CC[CH]C1. The molecule has 1 aliphatic rings. The fourth-order valence-corrected chi connectivity index (χ4v) is 0.361. The average Bonchev–Trinajstić information content (AvgIpc) is 1.76. The van der Waals surface area contributed by atoms with Crippen LogP contribution in [-0.4, -0.2) is 0 Å². The highest BCUT2D eigenvalue weighted by molar-refractivity contribution is 5.12. The van der Waals surface area contributed by atoms with Crippen molar-refractivity contribution >= 4 is 0 Å². The van der Waals surface area contributed by atoms with Gasteiger partial charge in [0.1, 0.15) is 0 Å². The zero-order valence-corrected chi connectivity index (χ0v) is 2.99. The van der Waals surface area contributed by atoms with Crippen molar-refractivity contribution in [1.82, 2.24) is 0 Å². The maximum Gasteiger partial charge on any atom is 0.0129 e. The molecule has 1 radical (unpaired) electrons. The van der Waals surface area contributed by atoms with Crippen LogP contribution in [0.3, 0.4) is 0 Å². The van der Waals surface area contributed by atoms with E-state index in [0.29, 0.717) is 0 Å². The first-order chi connectivity index (χ1) is 2.50. The van der Waals surface area contributed by atoms with Crippen molar-refractivity contribution in [2.75, 3.05) is 0 Å². The lowest BCUT2D eigenvalue weighted by atomic mass is 10.4. The molecule has 0 fully saturated rings. The van der Waals surface area contributed by atoms with Crippen LogP contribution < -0.4 is 0 Å². The van der Waals surface area contributed by atoms with E-state index in [2.05, 4.69) is 18.3 Å². The summed E-state index contributed by atoms with van der Waals surface area (Å²) in [6.45, 7) is 0. The van der Waals surface area contributed by atoms with Crippen molar-refractivity contribution in [3.8, 4) is 11.8 Å². The molecule has 0 saturated heterocycles. The van der Waals surface area contributed by atoms with Crippen LogP contribution in [0.5, 0.6) is 0 Å². The Morgan fingerprint density at radius 3 is 2.00 bits per heavy atom. The van der Waals surface area contributed by atoms with Crippen LogP contribution in [0.15, 0.2) is 0 Å². The topological polar surface area (TPSA) is 0 Å². The summed E-state index contributed by atoms with van der Waals surface area (Å²) >= 11 is 0. The van der Waals surface area contributed by atoms with E-state index in [-0.39, 0.29) is 0 Å². The first kappa shape index (κ1) is 2.78. The lowest BCUT2D eigenvalue weighted by molar-refractivity contribution is 1.21. The summed E-state index contributed by atoms with van der Waals surface area (Å²) in [4.78, 5) is 0. The van der Waals surface area contributed by atoms with E-state index in [4.69, 9.17) is 0 Å². The van der Waals surface area contributed by atoms with Gasteiger partial charge in [-0.05, 0) is 6.42 Å². The monoisotopic (exact) mass is 65.0 g/mol. The fraction of sp³-hybridized carbons (Fsp3) is 0.400. The number of hydrogen-bond acceptors (Lipinski definition) is 0. The Hall–Kier alpha value is -0.440. The molecule has 0 aromatic heterocycles. The largest absolute Gasteiger partial charge is 0.103 e. The third kappa shape index (κ3) is 0.417. The van der Waals surface area contributed by atoms with Crippen molar-refractivity contribution in [3.05, 3.63) is 6.42 Å². The van der Waals surface area contributed by atoms with Gasteiger partial charge in [-0.1, -0.05) is 0 Å². The summed E-state index contributed by atoms with van der Waals surface area (Å²) in [6, 6.07) is 0. The van der Waals surface area contributed by atoms with Crippen molar-refractivity contribution in [1.29, 1.82) is 0 Å². The predicted molar refractivity (Wildman–Crippen MR) is 21.3 cm³/mol. The van der Waals surface area contributed by atoms with Crippen molar-refractivity contribution in [2.45, 2.75) is 12.8 Å². The first-order valence-corrected chi connectivity index (χ1v) is 1.77. The highest BCUT2D eigenvalue weighted by Gasteiger charge is 1.83. The molecule has 0 amide bonds. The van der Waals surface area contributed by atoms with Gasteiger partial charge in [0.05, 0.1) is 0 Å². The second kappa shape index (κ2) is 1.12. The van der Waals surface area contributed by atoms with E-state index >= 15 is 0 Å². The first-order valence-electron chi connectivity index (χ1n) is 1.77. The molecule has 0 aliphatic heterocycles. The van der Waals surface area contributed by atoms with E-state index in [1.807, 2.05) is 0 Å². The normalized spacial score (nSPS) is 17.6. The minimum atomic E-state index is 1.01. The zero-order valence-electron chi connectivity index (χ0n) is 2.99. The van der Waals surface area contributed by atoms with Crippen molar-refractivity contribution in [2.24, 2.45) is 0 Å². The molecule has 5 heavy (non-hydrogen) atoms. The molecule has 1 rings (SSSR count). The van der Waals surface area contributed by atoms with Crippen molar-refractivity contribution < 1.29 is 0 Å². The predicted octanol–water partition coefficient (Wildman–Crippen LogP) is 0.988. The highest BCUT2D eigenvalue weighted by Crippen LogP contribution is 1.95. The number of hydrogen-bond donors (Lipinski definition) is 0. The second-order valence-electron chi connectivity index (χ2n) is 1.05. The van der Waals surface area contributed by atoms with Crippen LogP contribution in [0.25, 0.3) is 0 Å². The molecule has 0 saturated carbocycles.